The van der Waals surface area contributed by atoms with Crippen LogP contribution in [0.5, 0.6) is 0 Å². The summed E-state index contributed by atoms with van der Waals surface area (Å²) >= 11 is 0. The number of aliphatic hydroxyl groups excluding tert-OH is 1. The molecular formula is C13H29NO3. The van der Waals surface area contributed by atoms with E-state index in [2.05, 4.69) is 0 Å². The lowest BCUT2D eigenvalue weighted by Crippen LogP contribution is -2.48. The van der Waals surface area contributed by atoms with Crippen LogP contribution in [0.15, 0.2) is 0 Å². The molecule has 2 atom stereocenters. The van der Waals surface area contributed by atoms with Gasteiger partial charge in [-0.05, 0) is 26.2 Å². The molecule has 0 aliphatic rings. The second-order valence-corrected chi connectivity index (χ2v) is 6.44. The average Bonchev–Trinajstić information content (AvgIpc) is 2.14. The van der Waals surface area contributed by atoms with Crippen molar-refractivity contribution in [2.75, 3.05) is 19.8 Å². The molecule has 0 aliphatic heterocycles. The summed E-state index contributed by atoms with van der Waals surface area (Å²) in [6.45, 7) is 13.0. The predicted molar refractivity (Wildman–Crippen MR) is 70.0 cm³/mol. The monoisotopic (exact) mass is 247 g/mol. The molecule has 0 aromatic rings. The zero-order valence-electron chi connectivity index (χ0n) is 12.1. The van der Waals surface area contributed by atoms with Crippen molar-refractivity contribution >= 4 is 0 Å². The Labute approximate surface area is 105 Å². The summed E-state index contributed by atoms with van der Waals surface area (Å²) in [5.74, 6) is 0. The smallest absolute Gasteiger partial charge is 0.0962 e. The molecule has 0 aliphatic carbocycles. The summed E-state index contributed by atoms with van der Waals surface area (Å²) in [5, 5.41) is 9.27. The Morgan fingerprint density at radius 1 is 1.06 bits per heavy atom. The minimum atomic E-state index is -0.335. The summed E-state index contributed by atoms with van der Waals surface area (Å²) in [6.07, 6.45) is -0.335. The fourth-order valence-corrected chi connectivity index (χ4v) is 1.37. The third kappa shape index (κ3) is 7.71. The lowest BCUT2D eigenvalue weighted by atomic mass is 9.84. The molecule has 0 saturated heterocycles. The number of aliphatic hydroxyl groups is 1. The normalized spacial score (nSPS) is 16.9. The van der Waals surface area contributed by atoms with Crippen LogP contribution in [0, 0.1) is 5.41 Å². The molecule has 0 fully saturated rings. The van der Waals surface area contributed by atoms with Crippen LogP contribution in [0.25, 0.3) is 0 Å². The van der Waals surface area contributed by atoms with Gasteiger partial charge in [-0.3, -0.25) is 0 Å². The van der Waals surface area contributed by atoms with E-state index in [1.54, 1.807) is 0 Å². The van der Waals surface area contributed by atoms with Crippen molar-refractivity contribution in [3.05, 3.63) is 0 Å². The van der Waals surface area contributed by atoms with E-state index < -0.39 is 0 Å². The summed E-state index contributed by atoms with van der Waals surface area (Å²) in [4.78, 5) is 0. The van der Waals surface area contributed by atoms with Crippen molar-refractivity contribution in [1.82, 2.24) is 0 Å². The number of hydrogen-bond acceptors (Lipinski definition) is 4. The van der Waals surface area contributed by atoms with Gasteiger partial charge in [-0.2, -0.15) is 0 Å². The molecule has 4 heteroatoms. The number of hydrogen-bond donors (Lipinski definition) is 2. The Morgan fingerprint density at radius 3 is 1.94 bits per heavy atom. The minimum Gasteiger partial charge on any atom is -0.394 e. The van der Waals surface area contributed by atoms with Crippen LogP contribution in [-0.2, 0) is 9.47 Å². The topological polar surface area (TPSA) is 64.7 Å². The molecule has 0 aromatic heterocycles. The van der Waals surface area contributed by atoms with Gasteiger partial charge in [0, 0.05) is 6.04 Å². The van der Waals surface area contributed by atoms with Gasteiger partial charge in [0.2, 0.25) is 0 Å². The molecule has 17 heavy (non-hydrogen) atoms. The Morgan fingerprint density at radius 2 is 1.59 bits per heavy atom. The van der Waals surface area contributed by atoms with Gasteiger partial charge in [0.1, 0.15) is 0 Å². The van der Waals surface area contributed by atoms with E-state index in [1.165, 1.54) is 0 Å². The lowest BCUT2D eigenvalue weighted by Gasteiger charge is -2.33. The highest BCUT2D eigenvalue weighted by Crippen LogP contribution is 2.21. The summed E-state index contributed by atoms with van der Waals surface area (Å²) in [6, 6.07) is -0.192. The second kappa shape index (κ2) is 6.69. The quantitative estimate of drug-likeness (QED) is 0.699. The zero-order chi connectivity index (χ0) is 13.7. The SMILES string of the molecule is CC(C)(C)OCCOC(CO)C(N)C(C)(C)C. The van der Waals surface area contributed by atoms with E-state index in [9.17, 15) is 5.11 Å². The van der Waals surface area contributed by atoms with E-state index in [4.69, 9.17) is 15.2 Å². The Hall–Kier alpha value is -0.160. The number of rotatable bonds is 6. The van der Waals surface area contributed by atoms with Crippen molar-refractivity contribution in [1.29, 1.82) is 0 Å². The van der Waals surface area contributed by atoms with Gasteiger partial charge >= 0.3 is 0 Å². The highest BCUT2D eigenvalue weighted by Gasteiger charge is 2.29. The van der Waals surface area contributed by atoms with Gasteiger partial charge in [0.05, 0.1) is 31.5 Å². The highest BCUT2D eigenvalue weighted by molar-refractivity contribution is 4.84. The van der Waals surface area contributed by atoms with Crippen molar-refractivity contribution in [2.24, 2.45) is 11.1 Å². The maximum Gasteiger partial charge on any atom is 0.0962 e. The Balaban J connectivity index is 3.99. The van der Waals surface area contributed by atoms with E-state index in [-0.39, 0.29) is 29.8 Å². The largest absolute Gasteiger partial charge is 0.394 e. The fraction of sp³-hybridized carbons (Fsp3) is 1.00. The Kier molecular flexibility index (Phi) is 6.62. The highest BCUT2D eigenvalue weighted by atomic mass is 16.5. The molecule has 0 heterocycles. The van der Waals surface area contributed by atoms with Crippen molar-refractivity contribution in [2.45, 2.75) is 59.3 Å². The first-order valence-corrected chi connectivity index (χ1v) is 6.20. The van der Waals surface area contributed by atoms with E-state index >= 15 is 0 Å². The van der Waals surface area contributed by atoms with Crippen LogP contribution >= 0.6 is 0 Å². The second-order valence-electron chi connectivity index (χ2n) is 6.44. The van der Waals surface area contributed by atoms with Crippen molar-refractivity contribution in [3.63, 3.8) is 0 Å². The zero-order valence-corrected chi connectivity index (χ0v) is 12.1. The molecular weight excluding hydrogens is 218 g/mol. The van der Waals surface area contributed by atoms with Crippen LogP contribution < -0.4 is 5.73 Å². The van der Waals surface area contributed by atoms with Crippen LogP contribution in [0.1, 0.15) is 41.5 Å². The molecule has 0 radical (unpaired) electrons. The standard InChI is InChI=1S/C13H29NO3/c1-12(2,3)11(14)10(9-15)16-7-8-17-13(4,5)6/h10-11,15H,7-9,14H2,1-6H3. The molecule has 2 unspecified atom stereocenters. The molecule has 0 rings (SSSR count). The molecule has 0 bridgehead atoms. The molecule has 0 spiro atoms. The van der Waals surface area contributed by atoms with Gasteiger partial charge in [-0.25, -0.2) is 0 Å². The molecule has 104 valence electrons. The molecule has 3 N–H and O–H groups in total. The summed E-state index contributed by atoms with van der Waals surface area (Å²) < 4.78 is 11.1. The maximum absolute atomic E-state index is 9.27. The van der Waals surface area contributed by atoms with E-state index in [0.29, 0.717) is 13.2 Å². The third-order valence-electron chi connectivity index (χ3n) is 2.53. The fourth-order valence-electron chi connectivity index (χ4n) is 1.37. The van der Waals surface area contributed by atoms with Crippen LogP contribution in [-0.4, -0.2) is 42.7 Å². The van der Waals surface area contributed by atoms with E-state index in [1.807, 2.05) is 41.5 Å². The number of ether oxygens (including phenoxy) is 2. The van der Waals surface area contributed by atoms with Crippen LogP contribution in [0.3, 0.4) is 0 Å². The Bertz CT molecular complexity index is 206. The lowest BCUT2D eigenvalue weighted by molar-refractivity contribution is -0.0750. The molecule has 0 amide bonds. The molecule has 4 nitrogen and oxygen atoms in total. The van der Waals surface area contributed by atoms with Gasteiger partial charge in [-0.15, -0.1) is 0 Å². The summed E-state index contributed by atoms with van der Waals surface area (Å²) in [5.41, 5.74) is 5.80. The van der Waals surface area contributed by atoms with Crippen LogP contribution in [0.4, 0.5) is 0 Å². The van der Waals surface area contributed by atoms with Gasteiger partial charge in [-0.1, -0.05) is 20.8 Å². The predicted octanol–water partition coefficient (Wildman–Crippen LogP) is 1.55. The first-order chi connectivity index (χ1) is 7.58. The first-order valence-electron chi connectivity index (χ1n) is 6.20. The summed E-state index contributed by atoms with van der Waals surface area (Å²) in [7, 11) is 0. The molecule has 0 saturated carbocycles. The van der Waals surface area contributed by atoms with Gasteiger partial charge in [0.25, 0.3) is 0 Å². The van der Waals surface area contributed by atoms with E-state index in [0.717, 1.165) is 0 Å². The van der Waals surface area contributed by atoms with Gasteiger partial charge < -0.3 is 20.3 Å². The third-order valence-corrected chi connectivity index (χ3v) is 2.53. The first kappa shape index (κ1) is 16.8. The van der Waals surface area contributed by atoms with Crippen molar-refractivity contribution < 1.29 is 14.6 Å². The van der Waals surface area contributed by atoms with Crippen LogP contribution in [0.2, 0.25) is 0 Å². The van der Waals surface area contributed by atoms with Gasteiger partial charge in [0.15, 0.2) is 0 Å². The van der Waals surface area contributed by atoms with Crippen molar-refractivity contribution in [3.8, 4) is 0 Å². The average molecular weight is 247 g/mol. The maximum atomic E-state index is 9.27. The molecule has 0 aromatic carbocycles. The minimum absolute atomic E-state index is 0.0616. The number of nitrogens with two attached hydrogens (primary N) is 1.